The Hall–Kier alpha value is -1.71. The summed E-state index contributed by atoms with van der Waals surface area (Å²) in [4.78, 5) is 2.04. The molecule has 118 valence electrons. The summed E-state index contributed by atoms with van der Waals surface area (Å²) in [7, 11) is 0. The van der Waals surface area contributed by atoms with Crippen molar-refractivity contribution in [3.8, 4) is 0 Å². The standard InChI is InChI=1S/C19H24FNO/c1-19(2,22)18(20)15-21(13-16-9-5-3-6-10-16)14-17-11-7-4-8-12-17/h3-12,18,22H,13-15H2,1-2H3. The molecule has 0 heterocycles. The Labute approximate surface area is 132 Å². The third kappa shape index (κ3) is 5.24. The number of halogens is 1. The Morgan fingerprint density at radius 3 is 1.68 bits per heavy atom. The molecular weight excluding hydrogens is 277 g/mol. The maximum Gasteiger partial charge on any atom is 0.141 e. The fourth-order valence-corrected chi connectivity index (χ4v) is 2.32. The minimum absolute atomic E-state index is 0.202. The number of benzene rings is 2. The van der Waals surface area contributed by atoms with Crippen molar-refractivity contribution in [2.24, 2.45) is 0 Å². The molecule has 2 aromatic carbocycles. The number of hydrogen-bond acceptors (Lipinski definition) is 2. The Bertz CT molecular complexity index is 509. The molecule has 0 spiro atoms. The first-order valence-corrected chi connectivity index (χ1v) is 7.62. The lowest BCUT2D eigenvalue weighted by molar-refractivity contribution is -0.0207. The van der Waals surface area contributed by atoms with Crippen LogP contribution in [-0.4, -0.2) is 28.3 Å². The van der Waals surface area contributed by atoms with E-state index in [4.69, 9.17) is 0 Å². The van der Waals surface area contributed by atoms with Crippen LogP contribution in [0.1, 0.15) is 25.0 Å². The topological polar surface area (TPSA) is 23.5 Å². The van der Waals surface area contributed by atoms with E-state index in [2.05, 4.69) is 0 Å². The lowest BCUT2D eigenvalue weighted by Crippen LogP contribution is -2.41. The number of nitrogens with zero attached hydrogens (tertiary/aromatic N) is 1. The molecule has 2 nitrogen and oxygen atoms in total. The van der Waals surface area contributed by atoms with Crippen LogP contribution in [0.25, 0.3) is 0 Å². The Morgan fingerprint density at radius 2 is 1.32 bits per heavy atom. The van der Waals surface area contributed by atoms with Crippen molar-refractivity contribution >= 4 is 0 Å². The van der Waals surface area contributed by atoms with Crippen LogP contribution in [0.15, 0.2) is 60.7 Å². The quantitative estimate of drug-likeness (QED) is 0.841. The van der Waals surface area contributed by atoms with E-state index in [0.717, 1.165) is 11.1 Å². The summed E-state index contributed by atoms with van der Waals surface area (Å²) in [6.45, 7) is 4.55. The summed E-state index contributed by atoms with van der Waals surface area (Å²) in [5, 5.41) is 9.87. The van der Waals surface area contributed by atoms with E-state index >= 15 is 0 Å². The summed E-state index contributed by atoms with van der Waals surface area (Å²) in [5.74, 6) is 0. The van der Waals surface area contributed by atoms with Gasteiger partial charge in [-0.25, -0.2) is 4.39 Å². The maximum absolute atomic E-state index is 14.3. The van der Waals surface area contributed by atoms with Crippen molar-refractivity contribution in [1.82, 2.24) is 4.90 Å². The van der Waals surface area contributed by atoms with Gasteiger partial charge in [-0.1, -0.05) is 60.7 Å². The number of aliphatic hydroxyl groups is 1. The predicted octanol–water partition coefficient (Wildman–Crippen LogP) is 3.80. The van der Waals surface area contributed by atoms with E-state index in [-0.39, 0.29) is 6.54 Å². The van der Waals surface area contributed by atoms with E-state index in [1.54, 1.807) is 0 Å². The van der Waals surface area contributed by atoms with Gasteiger partial charge in [0.2, 0.25) is 0 Å². The van der Waals surface area contributed by atoms with E-state index in [9.17, 15) is 9.50 Å². The van der Waals surface area contributed by atoms with Crippen molar-refractivity contribution in [1.29, 1.82) is 0 Å². The summed E-state index contributed by atoms with van der Waals surface area (Å²) in [5.41, 5.74) is 0.953. The van der Waals surface area contributed by atoms with Gasteiger partial charge in [0.25, 0.3) is 0 Å². The van der Waals surface area contributed by atoms with Gasteiger partial charge in [-0.05, 0) is 25.0 Å². The number of hydrogen-bond donors (Lipinski definition) is 1. The average molecular weight is 301 g/mol. The molecular formula is C19H24FNO. The molecule has 0 aliphatic rings. The lowest BCUT2D eigenvalue weighted by atomic mass is 10.0. The lowest BCUT2D eigenvalue weighted by Gasteiger charge is -2.29. The Morgan fingerprint density at radius 1 is 0.909 bits per heavy atom. The van der Waals surface area contributed by atoms with Gasteiger partial charge >= 0.3 is 0 Å². The summed E-state index contributed by atoms with van der Waals surface area (Å²) < 4.78 is 14.3. The monoisotopic (exact) mass is 301 g/mol. The molecule has 2 rings (SSSR count). The van der Waals surface area contributed by atoms with Gasteiger partial charge in [0.1, 0.15) is 6.17 Å². The Balaban J connectivity index is 2.09. The third-order valence-electron chi connectivity index (χ3n) is 3.68. The zero-order valence-corrected chi connectivity index (χ0v) is 13.2. The second-order valence-corrected chi connectivity index (χ2v) is 6.26. The molecule has 2 aromatic rings. The Kier molecular flexibility index (Phi) is 5.69. The zero-order chi connectivity index (χ0) is 16.0. The van der Waals surface area contributed by atoms with Crippen LogP contribution in [0, 0.1) is 0 Å². The first-order chi connectivity index (χ1) is 10.4. The molecule has 0 saturated carbocycles. The van der Waals surface area contributed by atoms with Crippen molar-refractivity contribution in [3.05, 3.63) is 71.8 Å². The zero-order valence-electron chi connectivity index (χ0n) is 13.2. The minimum atomic E-state index is -1.33. The van der Waals surface area contributed by atoms with Crippen molar-refractivity contribution < 1.29 is 9.50 Å². The predicted molar refractivity (Wildman–Crippen MR) is 88.2 cm³/mol. The van der Waals surface area contributed by atoms with Crippen LogP contribution in [0.4, 0.5) is 4.39 Å². The second-order valence-electron chi connectivity index (χ2n) is 6.26. The molecule has 0 aromatic heterocycles. The molecule has 22 heavy (non-hydrogen) atoms. The van der Waals surface area contributed by atoms with Gasteiger partial charge in [0.15, 0.2) is 0 Å². The molecule has 1 unspecified atom stereocenters. The van der Waals surface area contributed by atoms with Gasteiger partial charge in [-0.15, -0.1) is 0 Å². The molecule has 1 atom stereocenters. The summed E-state index contributed by atoms with van der Waals surface area (Å²) in [6.07, 6.45) is -1.29. The van der Waals surface area contributed by atoms with Gasteiger partial charge in [0.05, 0.1) is 5.60 Å². The highest BCUT2D eigenvalue weighted by Gasteiger charge is 2.28. The minimum Gasteiger partial charge on any atom is -0.387 e. The van der Waals surface area contributed by atoms with Crippen LogP contribution in [0.5, 0.6) is 0 Å². The maximum atomic E-state index is 14.3. The number of rotatable bonds is 7. The fourth-order valence-electron chi connectivity index (χ4n) is 2.32. The van der Waals surface area contributed by atoms with E-state index in [0.29, 0.717) is 13.1 Å². The molecule has 0 amide bonds. The highest BCUT2D eigenvalue weighted by atomic mass is 19.1. The summed E-state index contributed by atoms with van der Waals surface area (Å²) >= 11 is 0. The molecule has 0 aliphatic carbocycles. The first kappa shape index (κ1) is 16.7. The van der Waals surface area contributed by atoms with Crippen LogP contribution < -0.4 is 0 Å². The van der Waals surface area contributed by atoms with Gasteiger partial charge in [-0.2, -0.15) is 0 Å². The molecule has 0 bridgehead atoms. The van der Waals surface area contributed by atoms with Gasteiger partial charge < -0.3 is 5.11 Å². The molecule has 0 aliphatic heterocycles. The fraction of sp³-hybridized carbons (Fsp3) is 0.368. The SMILES string of the molecule is CC(C)(O)C(F)CN(Cc1ccccc1)Cc1ccccc1. The van der Waals surface area contributed by atoms with E-state index in [1.807, 2.05) is 65.6 Å². The molecule has 0 radical (unpaired) electrons. The summed E-state index contributed by atoms with van der Waals surface area (Å²) in [6, 6.07) is 20.0. The highest BCUT2D eigenvalue weighted by Crippen LogP contribution is 2.17. The van der Waals surface area contributed by atoms with Crippen LogP contribution >= 0.6 is 0 Å². The van der Waals surface area contributed by atoms with Gasteiger partial charge in [-0.3, -0.25) is 4.90 Å². The van der Waals surface area contributed by atoms with Crippen LogP contribution in [-0.2, 0) is 13.1 Å². The van der Waals surface area contributed by atoms with Gasteiger partial charge in [0, 0.05) is 19.6 Å². The normalized spacial score (nSPS) is 13.3. The van der Waals surface area contributed by atoms with Crippen molar-refractivity contribution in [2.75, 3.05) is 6.54 Å². The molecule has 3 heteroatoms. The average Bonchev–Trinajstić information content (AvgIpc) is 2.48. The second kappa shape index (κ2) is 7.52. The third-order valence-corrected chi connectivity index (χ3v) is 3.68. The first-order valence-electron chi connectivity index (χ1n) is 7.62. The number of alkyl halides is 1. The molecule has 1 N–H and O–H groups in total. The van der Waals surface area contributed by atoms with Crippen LogP contribution in [0.3, 0.4) is 0 Å². The van der Waals surface area contributed by atoms with E-state index < -0.39 is 11.8 Å². The van der Waals surface area contributed by atoms with E-state index in [1.165, 1.54) is 13.8 Å². The molecule has 0 saturated heterocycles. The largest absolute Gasteiger partial charge is 0.387 e. The van der Waals surface area contributed by atoms with Crippen molar-refractivity contribution in [2.45, 2.75) is 38.7 Å². The highest BCUT2D eigenvalue weighted by molar-refractivity contribution is 5.17. The van der Waals surface area contributed by atoms with Crippen LogP contribution in [0.2, 0.25) is 0 Å². The van der Waals surface area contributed by atoms with Crippen molar-refractivity contribution in [3.63, 3.8) is 0 Å². The smallest absolute Gasteiger partial charge is 0.141 e. The molecule has 0 fully saturated rings.